The minimum absolute atomic E-state index is 0.0572. The van der Waals surface area contributed by atoms with Crippen molar-refractivity contribution in [2.75, 3.05) is 37.0 Å². The van der Waals surface area contributed by atoms with Crippen molar-refractivity contribution in [2.45, 2.75) is 148 Å². The number of pyridine rings is 2. The van der Waals surface area contributed by atoms with Crippen molar-refractivity contribution in [2.24, 2.45) is 0 Å². The lowest BCUT2D eigenvalue weighted by Gasteiger charge is -2.30. The number of fused-ring (bicyclic) bond motifs is 2. The Hall–Kier alpha value is -9.68. The molecule has 10 rings (SSSR count). The van der Waals surface area contributed by atoms with Gasteiger partial charge < -0.3 is 50.5 Å². The molecule has 22 nitrogen and oxygen atoms in total. The zero-order valence-electron chi connectivity index (χ0n) is 54.4. The Morgan fingerprint density at radius 3 is 1.27 bits per heavy atom. The molecule has 2 aliphatic heterocycles. The Balaban J connectivity index is 0.766. The van der Waals surface area contributed by atoms with E-state index in [0.29, 0.717) is 56.8 Å². The summed E-state index contributed by atoms with van der Waals surface area (Å²) in [5.74, 6) is -1.21. The number of likely N-dealkylation sites (N-methyl/N-ethyl adjacent to an activating group) is 2. The predicted molar refractivity (Wildman–Crippen MR) is 347 cm³/mol. The Kier molecular flexibility index (Phi) is 19.1. The number of aromatic nitrogens is 8. The summed E-state index contributed by atoms with van der Waals surface area (Å²) < 4.78 is 42.9. The van der Waals surface area contributed by atoms with E-state index in [0.717, 1.165) is 22.3 Å². The fourth-order valence-corrected chi connectivity index (χ4v) is 11.8. The topological polar surface area (TPSA) is 268 Å². The third kappa shape index (κ3) is 14.4. The number of carbonyl (C=O) groups is 4. The summed E-state index contributed by atoms with van der Waals surface area (Å²) >= 11 is 0. The maximum absolute atomic E-state index is 14.9. The number of hydrogen-bond acceptors (Lipinski definition) is 14. The number of hydrogen-bond donors (Lipinski definition) is 6. The van der Waals surface area contributed by atoms with E-state index in [4.69, 9.17) is 9.47 Å². The van der Waals surface area contributed by atoms with Crippen molar-refractivity contribution < 1.29 is 37.4 Å². The van der Waals surface area contributed by atoms with Crippen LogP contribution in [-0.4, -0.2) is 115 Å². The first-order chi connectivity index (χ1) is 44.1. The van der Waals surface area contributed by atoms with Crippen LogP contribution in [0.2, 0.25) is 0 Å². The van der Waals surface area contributed by atoms with Crippen molar-refractivity contribution in [1.82, 2.24) is 61.2 Å². The zero-order chi connectivity index (χ0) is 66.8. The van der Waals surface area contributed by atoms with E-state index in [2.05, 4.69) is 65.7 Å². The summed E-state index contributed by atoms with van der Waals surface area (Å²) in [4.78, 5) is 92.8. The molecule has 4 amide bonds. The van der Waals surface area contributed by atoms with Gasteiger partial charge in [0, 0.05) is 64.7 Å². The lowest BCUT2D eigenvalue weighted by Crippen LogP contribution is -2.55. The van der Waals surface area contributed by atoms with Crippen molar-refractivity contribution in [3.05, 3.63) is 210 Å². The fraction of sp³-hybridized carbons (Fsp3) is 0.391. The van der Waals surface area contributed by atoms with Crippen molar-refractivity contribution in [3.8, 4) is 11.5 Å². The van der Waals surface area contributed by atoms with Crippen molar-refractivity contribution >= 4 is 35.0 Å². The molecule has 8 aromatic rings. The number of nitrogens with zero attached hydrogens (tertiary/aromatic N) is 8. The van der Waals surface area contributed by atoms with Crippen molar-refractivity contribution in [1.29, 1.82) is 0 Å². The van der Waals surface area contributed by atoms with Crippen LogP contribution in [0, 0.1) is 11.6 Å². The Bertz CT molecular complexity index is 3900. The molecule has 6 heterocycles. The molecule has 488 valence electrons. The number of carbonyl (C=O) groups excluding carboxylic acids is 4. The number of H-pyrrole nitrogens is 2. The second-order valence-electron chi connectivity index (χ2n) is 26.1. The molecule has 6 N–H and O–H groups in total. The standard InChI is InChI=1S/C69H80F2N14O8/c1-39(72-11)61(86)74-57(65(90)82-37-67(5,6)59-55(82)31-45(63(88)76-59)29-43-13-21-49(70)22-14-43)41(3)84-33-51(78-80-84)35-92-53-25-17-47(18-26-53)69(9,10)48-19-27-54(28-20-48)93-36-52-34-85(81-79-52)42(4)58(75-62(87)40(2)73-12)66(91)83-38-68(7,8)60-56(83)32-46(64(89)77-60)30-44-15-23-50(71)24-16-44/h13-28,31-34,39-42,57-58,72-73H,29-30,35-38H2,1-12H3,(H,74,86)(H,75,87)(H,76,88)(H,77,89)/t39-,40-,41+,42+,57-,58-/m0/s1. The quantitative estimate of drug-likeness (QED) is 0.0351. The Labute approximate surface area is 537 Å². The molecule has 0 saturated heterocycles. The largest absolute Gasteiger partial charge is 0.487 e. The van der Waals surface area contributed by atoms with Gasteiger partial charge in [0.15, 0.2) is 0 Å². The lowest BCUT2D eigenvalue weighted by molar-refractivity contribution is -0.129. The van der Waals surface area contributed by atoms with Crippen LogP contribution in [0.25, 0.3) is 0 Å². The van der Waals surface area contributed by atoms with Crippen LogP contribution in [0.4, 0.5) is 20.2 Å². The first-order valence-corrected chi connectivity index (χ1v) is 31.0. The summed E-state index contributed by atoms with van der Waals surface area (Å²) in [6.45, 7) is 19.5. The van der Waals surface area contributed by atoms with Crippen LogP contribution in [0.3, 0.4) is 0 Å². The second-order valence-corrected chi connectivity index (χ2v) is 26.1. The SMILES string of the molecule is CN[C@@H](C)C(=O)N[C@H](C(=O)N1CC(C)(C)c2[nH]c(=O)c(Cc3ccc(F)cc3)cc21)[C@@H](C)n1cc(COc2ccc(C(C)(C)c3ccc(OCc4cn([C@H](C)[C@H](NC(=O)[C@H](C)NC)C(=O)N5CC(C)(C)c6[nH]c(=O)c(Cc7ccc(F)cc7)cc65)nn4)cc3)cc2)nn1. The molecule has 4 aromatic heterocycles. The number of benzene rings is 4. The van der Waals surface area contributed by atoms with E-state index in [1.807, 2.05) is 76.2 Å². The normalized spacial score (nSPS) is 15.9. The van der Waals surface area contributed by atoms with Gasteiger partial charge in [0.25, 0.3) is 22.9 Å². The molecule has 0 spiro atoms. The number of aromatic amines is 2. The average Bonchev–Trinajstić information content (AvgIpc) is 1.62. The average molecular weight is 1270 g/mol. The first kappa shape index (κ1) is 66.2. The van der Waals surface area contributed by atoms with Gasteiger partial charge in [-0.25, -0.2) is 18.1 Å². The third-order valence-corrected chi connectivity index (χ3v) is 18.0. The van der Waals surface area contributed by atoms with Gasteiger partial charge in [0.05, 0.1) is 47.9 Å². The molecular weight excluding hydrogens is 1190 g/mol. The van der Waals surface area contributed by atoms with Gasteiger partial charge in [-0.15, -0.1) is 10.2 Å². The summed E-state index contributed by atoms with van der Waals surface area (Å²) in [6.07, 6.45) is 3.79. The first-order valence-electron chi connectivity index (χ1n) is 31.0. The lowest BCUT2D eigenvalue weighted by atomic mass is 9.78. The summed E-state index contributed by atoms with van der Waals surface area (Å²) in [5.41, 5.74) is 5.18. The molecule has 0 fully saturated rings. The number of nitrogens with one attached hydrogen (secondary N) is 6. The van der Waals surface area contributed by atoms with Crippen LogP contribution < -0.4 is 51.7 Å². The minimum Gasteiger partial charge on any atom is -0.487 e. The molecule has 4 aromatic carbocycles. The van der Waals surface area contributed by atoms with E-state index >= 15 is 0 Å². The van der Waals surface area contributed by atoms with E-state index in [-0.39, 0.29) is 61.9 Å². The molecule has 24 heteroatoms. The van der Waals surface area contributed by atoms with E-state index in [1.54, 1.807) is 100 Å². The third-order valence-electron chi connectivity index (χ3n) is 18.0. The molecule has 0 bridgehead atoms. The summed E-state index contributed by atoms with van der Waals surface area (Å²) in [5, 5.41) is 29.3. The van der Waals surface area contributed by atoms with Crippen LogP contribution >= 0.6 is 0 Å². The Morgan fingerprint density at radius 1 is 0.570 bits per heavy atom. The number of halogens is 2. The molecule has 0 saturated carbocycles. The van der Waals surface area contributed by atoms with E-state index in [9.17, 15) is 37.5 Å². The minimum atomic E-state index is -1.11. The highest BCUT2D eigenvalue weighted by atomic mass is 19.1. The highest BCUT2D eigenvalue weighted by Gasteiger charge is 2.46. The number of anilines is 2. The molecule has 2 aliphatic rings. The monoisotopic (exact) mass is 1270 g/mol. The van der Waals surface area contributed by atoms with Gasteiger partial charge in [0.1, 0.15) is 59.8 Å². The maximum atomic E-state index is 14.9. The fourth-order valence-electron chi connectivity index (χ4n) is 11.8. The van der Waals surface area contributed by atoms with Gasteiger partial charge in [-0.2, -0.15) is 0 Å². The van der Waals surface area contributed by atoms with Crippen LogP contribution in [0.15, 0.2) is 131 Å². The van der Waals surface area contributed by atoms with Crippen LogP contribution in [0.5, 0.6) is 11.5 Å². The van der Waals surface area contributed by atoms with Gasteiger partial charge in [-0.3, -0.25) is 28.8 Å². The predicted octanol–water partition coefficient (Wildman–Crippen LogP) is 7.15. The van der Waals surface area contributed by atoms with Gasteiger partial charge in [-0.05, 0) is 125 Å². The second kappa shape index (κ2) is 26.9. The van der Waals surface area contributed by atoms with Gasteiger partial charge in [-0.1, -0.05) is 101 Å². The van der Waals surface area contributed by atoms with E-state index < -0.39 is 76.1 Å². The van der Waals surface area contributed by atoms with E-state index in [1.165, 1.54) is 33.6 Å². The Morgan fingerprint density at radius 2 is 0.925 bits per heavy atom. The number of amides is 4. The highest BCUT2D eigenvalue weighted by molar-refractivity contribution is 6.03. The number of ether oxygens (including phenoxy) is 2. The number of rotatable bonds is 24. The maximum Gasteiger partial charge on any atom is 0.251 e. The molecule has 0 aliphatic carbocycles. The molecule has 0 radical (unpaired) electrons. The van der Waals surface area contributed by atoms with Crippen LogP contribution in [-0.2, 0) is 61.5 Å². The molecular formula is C69H80F2N14O8. The molecule has 93 heavy (non-hydrogen) atoms. The highest BCUT2D eigenvalue weighted by Crippen LogP contribution is 2.42. The smallest absolute Gasteiger partial charge is 0.251 e. The van der Waals surface area contributed by atoms with Crippen molar-refractivity contribution in [3.63, 3.8) is 0 Å². The molecule has 0 unspecified atom stereocenters. The zero-order valence-corrected chi connectivity index (χ0v) is 54.4. The molecule has 6 atom stereocenters. The summed E-state index contributed by atoms with van der Waals surface area (Å²) in [7, 11) is 3.31. The van der Waals surface area contributed by atoms with Gasteiger partial charge >= 0.3 is 0 Å². The summed E-state index contributed by atoms with van der Waals surface area (Å²) in [6, 6.07) is 25.8. The van der Waals surface area contributed by atoms with Gasteiger partial charge in [0.2, 0.25) is 11.8 Å². The van der Waals surface area contributed by atoms with Crippen LogP contribution in [0.1, 0.15) is 137 Å².